The highest BCUT2D eigenvalue weighted by molar-refractivity contribution is 5.96. The van der Waals surface area contributed by atoms with Crippen molar-refractivity contribution in [1.29, 1.82) is 0 Å². The van der Waals surface area contributed by atoms with E-state index in [-0.39, 0.29) is 11.6 Å². The SMILES string of the molecule is CC(=O)Nc1cc(C(=O)N[C@@H]2O[C@H](CO)[C@H](O)[C@H](O)[C@H]2O)n(C)c1. The minimum Gasteiger partial charge on any atom is -0.394 e. The first-order chi connectivity index (χ1) is 11.2. The fourth-order valence-electron chi connectivity index (χ4n) is 2.49. The third-order valence-electron chi connectivity index (χ3n) is 3.72. The lowest BCUT2D eigenvalue weighted by atomic mass is 9.98. The average molecular weight is 343 g/mol. The predicted molar refractivity (Wildman–Crippen MR) is 81.0 cm³/mol. The Balaban J connectivity index is 2.11. The molecule has 24 heavy (non-hydrogen) atoms. The molecule has 1 aromatic heterocycles. The molecule has 0 saturated carbocycles. The molecule has 0 aromatic carbocycles. The summed E-state index contributed by atoms with van der Waals surface area (Å²) in [6.45, 7) is 0.745. The van der Waals surface area contributed by atoms with Crippen LogP contribution < -0.4 is 10.6 Å². The molecule has 2 rings (SSSR count). The predicted octanol–water partition coefficient (Wildman–Crippen LogP) is -2.49. The molecule has 134 valence electrons. The number of carbonyl (C=O) groups excluding carboxylic acids is 2. The molecule has 0 radical (unpaired) electrons. The van der Waals surface area contributed by atoms with Crippen molar-refractivity contribution in [3.8, 4) is 0 Å². The van der Waals surface area contributed by atoms with Gasteiger partial charge in [-0.15, -0.1) is 0 Å². The fraction of sp³-hybridized carbons (Fsp3) is 0.571. The third kappa shape index (κ3) is 3.74. The molecule has 1 aliphatic heterocycles. The zero-order chi connectivity index (χ0) is 18.0. The van der Waals surface area contributed by atoms with Gasteiger partial charge in [-0.1, -0.05) is 0 Å². The Morgan fingerprint density at radius 2 is 1.92 bits per heavy atom. The fourth-order valence-corrected chi connectivity index (χ4v) is 2.49. The second kappa shape index (κ2) is 7.28. The molecule has 1 aliphatic rings. The Hall–Kier alpha value is -1.98. The molecule has 1 saturated heterocycles. The van der Waals surface area contributed by atoms with Crippen LogP contribution in [0.4, 0.5) is 5.69 Å². The molecule has 0 bridgehead atoms. The molecule has 1 aromatic rings. The minimum absolute atomic E-state index is 0.177. The third-order valence-corrected chi connectivity index (χ3v) is 3.72. The number of amides is 2. The number of aliphatic hydroxyl groups is 4. The number of aryl methyl sites for hydroxylation is 1. The molecule has 5 atom stereocenters. The van der Waals surface area contributed by atoms with Gasteiger partial charge < -0.3 is 40.4 Å². The number of aromatic nitrogens is 1. The Morgan fingerprint density at radius 1 is 1.25 bits per heavy atom. The smallest absolute Gasteiger partial charge is 0.270 e. The van der Waals surface area contributed by atoms with E-state index in [9.17, 15) is 24.9 Å². The second-order valence-corrected chi connectivity index (χ2v) is 5.63. The molecule has 2 heterocycles. The van der Waals surface area contributed by atoms with Gasteiger partial charge in [-0.3, -0.25) is 9.59 Å². The number of carbonyl (C=O) groups is 2. The highest BCUT2D eigenvalue weighted by Gasteiger charge is 2.44. The van der Waals surface area contributed by atoms with E-state index in [2.05, 4.69) is 10.6 Å². The Kier molecular flexibility index (Phi) is 5.57. The van der Waals surface area contributed by atoms with Gasteiger partial charge in [0.1, 0.15) is 30.1 Å². The number of rotatable bonds is 4. The van der Waals surface area contributed by atoms with Crippen molar-refractivity contribution < 1.29 is 34.8 Å². The lowest BCUT2D eigenvalue weighted by molar-refractivity contribution is -0.233. The summed E-state index contributed by atoms with van der Waals surface area (Å²) >= 11 is 0. The van der Waals surface area contributed by atoms with Crippen molar-refractivity contribution in [1.82, 2.24) is 9.88 Å². The molecule has 2 amide bonds. The van der Waals surface area contributed by atoms with Gasteiger partial charge in [0.15, 0.2) is 6.23 Å². The van der Waals surface area contributed by atoms with E-state index in [0.29, 0.717) is 5.69 Å². The highest BCUT2D eigenvalue weighted by atomic mass is 16.6. The van der Waals surface area contributed by atoms with E-state index in [1.54, 1.807) is 7.05 Å². The summed E-state index contributed by atoms with van der Waals surface area (Å²) in [7, 11) is 1.59. The van der Waals surface area contributed by atoms with E-state index < -0.39 is 43.2 Å². The van der Waals surface area contributed by atoms with Gasteiger partial charge >= 0.3 is 0 Å². The van der Waals surface area contributed by atoms with Gasteiger partial charge in [0, 0.05) is 20.2 Å². The standard InChI is InChI=1S/C14H21N3O7/c1-6(19)15-7-3-8(17(2)4-7)13(23)16-14-12(22)11(21)10(20)9(5-18)24-14/h3-4,9-12,14,18,20-22H,5H2,1-2H3,(H,15,19)(H,16,23)/t9-,10+,11+,12-,14-/m1/s1. The van der Waals surface area contributed by atoms with Crippen LogP contribution in [0.15, 0.2) is 12.3 Å². The Labute approximate surface area is 137 Å². The molecule has 10 nitrogen and oxygen atoms in total. The van der Waals surface area contributed by atoms with E-state index in [1.807, 2.05) is 0 Å². The summed E-state index contributed by atoms with van der Waals surface area (Å²) in [5.41, 5.74) is 0.597. The van der Waals surface area contributed by atoms with Crippen molar-refractivity contribution in [3.63, 3.8) is 0 Å². The summed E-state index contributed by atoms with van der Waals surface area (Å²) in [5.74, 6) is -0.917. The normalized spacial score (nSPS) is 30.0. The van der Waals surface area contributed by atoms with E-state index in [0.717, 1.165) is 0 Å². The molecule has 6 N–H and O–H groups in total. The van der Waals surface area contributed by atoms with Crippen LogP contribution >= 0.6 is 0 Å². The number of hydrogen-bond donors (Lipinski definition) is 6. The number of aliphatic hydroxyl groups excluding tert-OH is 4. The van der Waals surface area contributed by atoms with Gasteiger partial charge in [-0.2, -0.15) is 0 Å². The monoisotopic (exact) mass is 343 g/mol. The van der Waals surface area contributed by atoms with Gasteiger partial charge in [-0.25, -0.2) is 0 Å². The lowest BCUT2D eigenvalue weighted by Gasteiger charge is -2.40. The minimum atomic E-state index is -1.58. The highest BCUT2D eigenvalue weighted by Crippen LogP contribution is 2.20. The molecule has 10 heteroatoms. The van der Waals surface area contributed by atoms with E-state index >= 15 is 0 Å². The van der Waals surface area contributed by atoms with Gasteiger partial charge in [0.2, 0.25) is 5.91 Å². The van der Waals surface area contributed by atoms with Crippen molar-refractivity contribution in [2.24, 2.45) is 7.05 Å². The van der Waals surface area contributed by atoms with E-state index in [1.165, 1.54) is 23.8 Å². The lowest BCUT2D eigenvalue weighted by Crippen LogP contribution is -2.63. The average Bonchev–Trinajstić information content (AvgIpc) is 2.87. The summed E-state index contributed by atoms with van der Waals surface area (Å²) in [6, 6.07) is 1.43. The number of nitrogens with one attached hydrogen (secondary N) is 2. The summed E-state index contributed by atoms with van der Waals surface area (Å²) in [6.07, 6.45) is -5.54. The van der Waals surface area contributed by atoms with Crippen LogP contribution in [0.1, 0.15) is 17.4 Å². The van der Waals surface area contributed by atoms with Gasteiger partial charge in [0.25, 0.3) is 5.91 Å². The van der Waals surface area contributed by atoms with Crippen LogP contribution in [-0.4, -0.2) is 74.1 Å². The first-order valence-corrected chi connectivity index (χ1v) is 7.30. The Morgan fingerprint density at radius 3 is 2.50 bits per heavy atom. The summed E-state index contributed by atoms with van der Waals surface area (Å²) in [4.78, 5) is 23.4. The van der Waals surface area contributed by atoms with Gasteiger partial charge in [-0.05, 0) is 6.07 Å². The number of nitrogens with zero attached hydrogens (tertiary/aromatic N) is 1. The number of ether oxygens (including phenoxy) is 1. The molecule has 0 unspecified atom stereocenters. The molecular formula is C14H21N3O7. The van der Waals surface area contributed by atoms with Crippen molar-refractivity contribution >= 4 is 17.5 Å². The van der Waals surface area contributed by atoms with Crippen molar-refractivity contribution in [3.05, 3.63) is 18.0 Å². The first kappa shape index (κ1) is 18.4. The van der Waals surface area contributed by atoms with Crippen LogP contribution in [0.25, 0.3) is 0 Å². The van der Waals surface area contributed by atoms with Crippen LogP contribution in [0.2, 0.25) is 0 Å². The molecule has 0 spiro atoms. The maximum absolute atomic E-state index is 12.3. The zero-order valence-electron chi connectivity index (χ0n) is 13.2. The van der Waals surface area contributed by atoms with E-state index in [4.69, 9.17) is 9.84 Å². The van der Waals surface area contributed by atoms with Crippen LogP contribution in [-0.2, 0) is 16.6 Å². The quantitative estimate of drug-likeness (QED) is 0.354. The summed E-state index contributed by atoms with van der Waals surface area (Å²) in [5, 5.41) is 43.4. The maximum atomic E-state index is 12.3. The van der Waals surface area contributed by atoms with Crippen molar-refractivity contribution in [2.45, 2.75) is 37.6 Å². The first-order valence-electron chi connectivity index (χ1n) is 7.30. The second-order valence-electron chi connectivity index (χ2n) is 5.63. The summed E-state index contributed by atoms with van der Waals surface area (Å²) < 4.78 is 6.68. The molecule has 0 aliphatic carbocycles. The molecular weight excluding hydrogens is 322 g/mol. The van der Waals surface area contributed by atoms with Crippen molar-refractivity contribution in [2.75, 3.05) is 11.9 Å². The van der Waals surface area contributed by atoms with Crippen LogP contribution in [0.5, 0.6) is 0 Å². The maximum Gasteiger partial charge on any atom is 0.270 e. The van der Waals surface area contributed by atoms with Gasteiger partial charge in [0.05, 0.1) is 12.3 Å². The van der Waals surface area contributed by atoms with Crippen LogP contribution in [0, 0.1) is 0 Å². The topological polar surface area (TPSA) is 153 Å². The number of hydrogen-bond acceptors (Lipinski definition) is 7. The number of anilines is 1. The zero-order valence-corrected chi connectivity index (χ0v) is 13.2. The Bertz CT molecular complexity index is 616. The molecule has 1 fully saturated rings. The van der Waals surface area contributed by atoms with Crippen LogP contribution in [0.3, 0.4) is 0 Å². The largest absolute Gasteiger partial charge is 0.394 e.